The molecule has 0 bridgehead atoms. The van der Waals surface area contributed by atoms with Crippen molar-refractivity contribution in [2.45, 2.75) is 19.8 Å². The maximum absolute atomic E-state index is 13.5. The van der Waals surface area contributed by atoms with Gasteiger partial charge in [0, 0.05) is 5.56 Å². The van der Waals surface area contributed by atoms with Crippen LogP contribution in [0.1, 0.15) is 33.0 Å². The summed E-state index contributed by atoms with van der Waals surface area (Å²) < 4.78 is 26.6. The normalized spacial score (nSPS) is 10.7. The Kier molecular flexibility index (Phi) is 6.31. The van der Waals surface area contributed by atoms with Gasteiger partial charge < -0.3 is 10.6 Å². The van der Waals surface area contributed by atoms with E-state index in [9.17, 15) is 18.8 Å². The van der Waals surface area contributed by atoms with Crippen LogP contribution in [-0.4, -0.2) is 34.7 Å². The number of carbonyl (C=O) groups excluding carboxylic acids is 1. The molecule has 3 N–H and O–H groups in total. The number of carbonyl (C=O) groups is 1. The molecule has 3 aromatic rings. The molecule has 0 aliphatic heterocycles. The van der Waals surface area contributed by atoms with Crippen molar-refractivity contribution in [3.8, 4) is 16.6 Å². The number of amides is 1. The lowest BCUT2D eigenvalue weighted by molar-refractivity contribution is 0.102. The van der Waals surface area contributed by atoms with Gasteiger partial charge in [-0.2, -0.15) is 10.4 Å². The van der Waals surface area contributed by atoms with Gasteiger partial charge in [-0.3, -0.25) is 9.89 Å². The van der Waals surface area contributed by atoms with E-state index >= 15 is 0 Å². The zero-order valence-electron chi connectivity index (χ0n) is 15.8. The minimum Gasteiger partial charge on any atom is -0.320 e. The minimum atomic E-state index is -0.984. The van der Waals surface area contributed by atoms with E-state index in [1.807, 2.05) is 7.05 Å². The molecule has 0 aliphatic rings. The Bertz CT molecular complexity index is 1090. The molecule has 0 saturated carbocycles. The average molecular weight is 416 g/mol. The first-order chi connectivity index (χ1) is 13.9. The van der Waals surface area contributed by atoms with Crippen LogP contribution in [0.4, 0.5) is 14.6 Å². The number of aryl methyl sites for hydroxylation is 2. The molecule has 150 valence electrons. The van der Waals surface area contributed by atoms with Gasteiger partial charge >= 0.3 is 0 Å². The summed E-state index contributed by atoms with van der Waals surface area (Å²) in [6.45, 7) is 2.44. The van der Waals surface area contributed by atoms with Crippen molar-refractivity contribution in [3.05, 3.63) is 51.7 Å². The van der Waals surface area contributed by atoms with Gasteiger partial charge in [-0.25, -0.2) is 13.8 Å². The Balaban J connectivity index is 1.80. The van der Waals surface area contributed by atoms with Crippen LogP contribution < -0.4 is 10.6 Å². The number of nitrogens with one attached hydrogen (secondary N) is 3. The second kappa shape index (κ2) is 8.89. The summed E-state index contributed by atoms with van der Waals surface area (Å²) in [5.41, 5.74) is 1.76. The number of hydrogen-bond acceptors (Lipinski definition) is 6. The number of nitriles is 1. The molecule has 2 aromatic heterocycles. The van der Waals surface area contributed by atoms with Gasteiger partial charge in [0.25, 0.3) is 5.91 Å². The third kappa shape index (κ3) is 4.47. The molecule has 29 heavy (non-hydrogen) atoms. The first kappa shape index (κ1) is 20.6. The highest BCUT2D eigenvalue weighted by molar-refractivity contribution is 7.17. The molecule has 0 atom stereocenters. The molecule has 0 saturated heterocycles. The van der Waals surface area contributed by atoms with E-state index in [4.69, 9.17) is 0 Å². The van der Waals surface area contributed by atoms with Crippen LogP contribution in [0.3, 0.4) is 0 Å². The number of halogens is 2. The number of aromatic nitrogens is 3. The van der Waals surface area contributed by atoms with Crippen molar-refractivity contribution in [2.24, 2.45) is 0 Å². The fourth-order valence-electron chi connectivity index (χ4n) is 2.74. The standard InChI is InChI=1S/C19H18F2N6OS/c1-10-16(29-19(24-10)11-5-6-13(20)14(21)8-11)18(28)25-17-12(9-22)15(26-27-17)4-3-7-23-2/h5-6,8,23H,3-4,7H2,1-2H3,(H2,25,26,27,28). The van der Waals surface area contributed by atoms with Crippen LogP contribution >= 0.6 is 11.3 Å². The van der Waals surface area contributed by atoms with E-state index in [0.29, 0.717) is 33.3 Å². The van der Waals surface area contributed by atoms with Crippen molar-refractivity contribution in [2.75, 3.05) is 18.9 Å². The Morgan fingerprint density at radius 1 is 1.34 bits per heavy atom. The van der Waals surface area contributed by atoms with Crippen LogP contribution in [0.5, 0.6) is 0 Å². The lowest BCUT2D eigenvalue weighted by Gasteiger charge is -2.01. The second-order valence-electron chi connectivity index (χ2n) is 6.26. The minimum absolute atomic E-state index is 0.152. The van der Waals surface area contributed by atoms with E-state index in [1.54, 1.807) is 6.92 Å². The first-order valence-corrected chi connectivity index (χ1v) is 9.62. The maximum atomic E-state index is 13.5. The lowest BCUT2D eigenvalue weighted by Crippen LogP contribution is -2.13. The summed E-state index contributed by atoms with van der Waals surface area (Å²) in [6.07, 6.45) is 1.43. The number of anilines is 1. The fraction of sp³-hybridized carbons (Fsp3) is 0.263. The lowest BCUT2D eigenvalue weighted by atomic mass is 10.1. The predicted molar refractivity (Wildman–Crippen MR) is 106 cm³/mol. The Hall–Kier alpha value is -3.16. The van der Waals surface area contributed by atoms with E-state index < -0.39 is 17.5 Å². The fourth-order valence-corrected chi connectivity index (χ4v) is 3.69. The van der Waals surface area contributed by atoms with Crippen LogP contribution in [0.15, 0.2) is 18.2 Å². The topological polar surface area (TPSA) is 106 Å². The molecule has 7 nitrogen and oxygen atoms in total. The second-order valence-corrected chi connectivity index (χ2v) is 7.26. The number of thiazole rings is 1. The Morgan fingerprint density at radius 3 is 2.83 bits per heavy atom. The molecule has 3 rings (SSSR count). The van der Waals surface area contributed by atoms with Crippen molar-refractivity contribution >= 4 is 23.1 Å². The third-order valence-electron chi connectivity index (χ3n) is 4.21. The summed E-state index contributed by atoms with van der Waals surface area (Å²) in [6, 6.07) is 5.52. The van der Waals surface area contributed by atoms with Crippen molar-refractivity contribution in [1.82, 2.24) is 20.5 Å². The molecule has 0 fully saturated rings. The van der Waals surface area contributed by atoms with Gasteiger partial charge in [-0.1, -0.05) is 0 Å². The number of benzene rings is 1. The van der Waals surface area contributed by atoms with Gasteiger partial charge in [0.1, 0.15) is 21.5 Å². The molecule has 0 aliphatic carbocycles. The SMILES string of the molecule is CNCCCc1[nH]nc(NC(=O)c2sc(-c3ccc(F)c(F)c3)nc2C)c1C#N. The highest BCUT2D eigenvalue weighted by atomic mass is 32.1. The molecule has 0 radical (unpaired) electrons. The zero-order chi connectivity index (χ0) is 21.0. The quantitative estimate of drug-likeness (QED) is 0.512. The highest BCUT2D eigenvalue weighted by Gasteiger charge is 2.21. The molecular weight excluding hydrogens is 398 g/mol. The molecular formula is C19H18F2N6OS. The van der Waals surface area contributed by atoms with Crippen LogP contribution in [-0.2, 0) is 6.42 Å². The molecule has 10 heteroatoms. The smallest absolute Gasteiger partial charge is 0.268 e. The summed E-state index contributed by atoms with van der Waals surface area (Å²) in [7, 11) is 1.84. The van der Waals surface area contributed by atoms with Crippen LogP contribution in [0.25, 0.3) is 10.6 Å². The molecule has 2 heterocycles. The number of H-pyrrole nitrogens is 1. The van der Waals surface area contributed by atoms with Gasteiger partial charge in [0.05, 0.1) is 11.4 Å². The molecule has 0 unspecified atom stereocenters. The molecule has 1 amide bonds. The van der Waals surface area contributed by atoms with Crippen LogP contribution in [0.2, 0.25) is 0 Å². The Labute approximate surface area is 169 Å². The van der Waals surface area contributed by atoms with E-state index in [0.717, 1.165) is 36.4 Å². The summed E-state index contributed by atoms with van der Waals surface area (Å²) in [5.74, 6) is -2.26. The van der Waals surface area contributed by atoms with Crippen molar-refractivity contribution < 1.29 is 13.6 Å². The number of hydrogen-bond donors (Lipinski definition) is 3. The largest absolute Gasteiger partial charge is 0.320 e. The van der Waals surface area contributed by atoms with Crippen molar-refractivity contribution in [3.63, 3.8) is 0 Å². The van der Waals surface area contributed by atoms with Gasteiger partial charge in [0.2, 0.25) is 0 Å². The van der Waals surface area contributed by atoms with E-state index in [2.05, 4.69) is 31.9 Å². The van der Waals surface area contributed by atoms with Gasteiger partial charge in [-0.15, -0.1) is 11.3 Å². The van der Waals surface area contributed by atoms with Gasteiger partial charge in [0.15, 0.2) is 17.5 Å². The third-order valence-corrected chi connectivity index (χ3v) is 5.41. The monoisotopic (exact) mass is 416 g/mol. The number of rotatable bonds is 7. The maximum Gasteiger partial charge on any atom is 0.268 e. The summed E-state index contributed by atoms with van der Waals surface area (Å²) >= 11 is 1.05. The predicted octanol–water partition coefficient (Wildman–Crippen LogP) is 3.40. The van der Waals surface area contributed by atoms with E-state index in [-0.39, 0.29) is 11.4 Å². The summed E-state index contributed by atoms with van der Waals surface area (Å²) in [5, 5.41) is 22.3. The average Bonchev–Trinajstić information content (AvgIpc) is 3.27. The van der Waals surface area contributed by atoms with Crippen molar-refractivity contribution in [1.29, 1.82) is 5.26 Å². The Morgan fingerprint density at radius 2 is 2.14 bits per heavy atom. The molecule has 0 spiro atoms. The number of aromatic amines is 1. The summed E-state index contributed by atoms with van der Waals surface area (Å²) in [4.78, 5) is 17.3. The zero-order valence-corrected chi connectivity index (χ0v) is 16.6. The van der Waals surface area contributed by atoms with E-state index in [1.165, 1.54) is 6.07 Å². The van der Waals surface area contributed by atoms with Crippen LogP contribution in [0, 0.1) is 29.9 Å². The molecule has 1 aromatic carbocycles. The first-order valence-electron chi connectivity index (χ1n) is 8.80. The van der Waals surface area contributed by atoms with Gasteiger partial charge in [-0.05, 0) is 51.6 Å². The highest BCUT2D eigenvalue weighted by Crippen LogP contribution is 2.29. The number of nitrogens with zero attached hydrogens (tertiary/aromatic N) is 3.